The van der Waals surface area contributed by atoms with Crippen molar-refractivity contribution in [3.8, 4) is 0 Å². The largest absolute Gasteiger partial charge is 0.467 e. The number of anilines is 2. The molecule has 4 aromatic rings. The van der Waals surface area contributed by atoms with Crippen LogP contribution in [0.1, 0.15) is 10.6 Å². The number of fused-ring (bicyclic) bond motifs is 1. The summed E-state index contributed by atoms with van der Waals surface area (Å²) >= 11 is 1.73. The minimum Gasteiger partial charge on any atom is -0.467 e. The molecule has 0 fully saturated rings. The van der Waals surface area contributed by atoms with Crippen molar-refractivity contribution in [3.05, 3.63) is 70.8 Å². The van der Waals surface area contributed by atoms with Crippen LogP contribution in [0.15, 0.2) is 64.6 Å². The summed E-state index contributed by atoms with van der Waals surface area (Å²) in [4.78, 5) is 10.5. The minimum absolute atomic E-state index is 0.551. The van der Waals surface area contributed by atoms with Crippen molar-refractivity contribution >= 4 is 34.0 Å². The third-order valence-corrected chi connectivity index (χ3v) is 4.49. The van der Waals surface area contributed by atoms with Gasteiger partial charge < -0.3 is 15.1 Å². The lowest BCUT2D eigenvalue weighted by atomic mass is 10.2. The maximum absolute atomic E-state index is 5.34. The molecule has 24 heavy (non-hydrogen) atoms. The zero-order valence-corrected chi connectivity index (χ0v) is 13.7. The van der Waals surface area contributed by atoms with Crippen molar-refractivity contribution in [1.29, 1.82) is 0 Å². The Labute approximate surface area is 143 Å². The first-order chi connectivity index (χ1) is 11.9. The number of furan rings is 1. The normalized spacial score (nSPS) is 10.8. The van der Waals surface area contributed by atoms with Crippen LogP contribution >= 0.6 is 11.3 Å². The summed E-state index contributed by atoms with van der Waals surface area (Å²) < 4.78 is 5.34. The first-order valence-electron chi connectivity index (χ1n) is 7.68. The molecule has 3 heterocycles. The summed E-state index contributed by atoms with van der Waals surface area (Å²) in [5.41, 5.74) is 0.906. The molecular formula is C18H16N4OS. The van der Waals surface area contributed by atoms with Crippen molar-refractivity contribution in [2.45, 2.75) is 13.1 Å². The van der Waals surface area contributed by atoms with Crippen LogP contribution < -0.4 is 10.6 Å². The molecule has 0 spiro atoms. The average Bonchev–Trinajstić information content (AvgIpc) is 3.31. The molecule has 0 radical (unpaired) electrons. The molecule has 1 aromatic carbocycles. The van der Waals surface area contributed by atoms with Gasteiger partial charge >= 0.3 is 0 Å². The molecule has 0 unspecified atom stereocenters. The van der Waals surface area contributed by atoms with Crippen molar-refractivity contribution < 1.29 is 4.42 Å². The third kappa shape index (κ3) is 3.23. The number of hydrogen-bond acceptors (Lipinski definition) is 6. The Morgan fingerprint density at radius 2 is 1.88 bits per heavy atom. The summed E-state index contributed by atoms with van der Waals surface area (Å²) in [6.07, 6.45) is 1.66. The second-order valence-corrected chi connectivity index (χ2v) is 6.31. The molecule has 4 rings (SSSR count). The van der Waals surface area contributed by atoms with E-state index < -0.39 is 0 Å². The van der Waals surface area contributed by atoms with E-state index in [1.807, 2.05) is 36.4 Å². The molecule has 0 aliphatic carbocycles. The molecule has 0 atom stereocenters. The molecule has 0 saturated heterocycles. The van der Waals surface area contributed by atoms with Crippen LogP contribution in [0.3, 0.4) is 0 Å². The van der Waals surface area contributed by atoms with Gasteiger partial charge in [-0.25, -0.2) is 4.98 Å². The second-order valence-electron chi connectivity index (χ2n) is 5.28. The second kappa shape index (κ2) is 6.72. The molecule has 0 aliphatic heterocycles. The van der Waals surface area contributed by atoms with Crippen LogP contribution in [-0.2, 0) is 13.1 Å². The summed E-state index contributed by atoms with van der Waals surface area (Å²) in [6.45, 7) is 1.30. The van der Waals surface area contributed by atoms with Crippen molar-refractivity contribution in [2.24, 2.45) is 0 Å². The quantitative estimate of drug-likeness (QED) is 0.542. The Bertz CT molecular complexity index is 920. The van der Waals surface area contributed by atoms with Gasteiger partial charge in [0, 0.05) is 10.3 Å². The monoisotopic (exact) mass is 336 g/mol. The summed E-state index contributed by atoms with van der Waals surface area (Å²) in [6, 6.07) is 15.9. The molecular weight excluding hydrogens is 320 g/mol. The van der Waals surface area contributed by atoms with Crippen LogP contribution in [0.2, 0.25) is 0 Å². The number of nitrogens with one attached hydrogen (secondary N) is 2. The molecule has 0 amide bonds. The lowest BCUT2D eigenvalue weighted by Crippen LogP contribution is -2.07. The van der Waals surface area contributed by atoms with E-state index in [0.29, 0.717) is 12.5 Å². The van der Waals surface area contributed by atoms with E-state index in [1.165, 1.54) is 4.88 Å². The highest BCUT2D eigenvalue weighted by Gasteiger charge is 2.08. The zero-order chi connectivity index (χ0) is 16.2. The Balaban J connectivity index is 1.60. The number of aromatic nitrogens is 2. The summed E-state index contributed by atoms with van der Waals surface area (Å²) in [7, 11) is 0. The Morgan fingerprint density at radius 3 is 2.71 bits per heavy atom. The number of benzene rings is 1. The first-order valence-corrected chi connectivity index (χ1v) is 8.56. The highest BCUT2D eigenvalue weighted by Crippen LogP contribution is 2.23. The number of thiophene rings is 1. The predicted octanol–water partition coefficient (Wildman–Crippen LogP) is 4.51. The Hall–Kier alpha value is -2.86. The molecule has 5 nitrogen and oxygen atoms in total. The van der Waals surface area contributed by atoms with Gasteiger partial charge in [0.1, 0.15) is 11.6 Å². The van der Waals surface area contributed by atoms with Gasteiger partial charge in [0.2, 0.25) is 5.95 Å². The fourth-order valence-electron chi connectivity index (χ4n) is 2.45. The van der Waals surface area contributed by atoms with Gasteiger partial charge in [0.05, 0.1) is 24.9 Å². The van der Waals surface area contributed by atoms with Crippen LogP contribution in [-0.4, -0.2) is 9.97 Å². The maximum atomic E-state index is 5.34. The van der Waals surface area contributed by atoms with Gasteiger partial charge in [-0.05, 0) is 35.7 Å². The van der Waals surface area contributed by atoms with E-state index in [4.69, 9.17) is 4.42 Å². The molecule has 120 valence electrons. The van der Waals surface area contributed by atoms with E-state index >= 15 is 0 Å². The number of para-hydroxylation sites is 1. The van der Waals surface area contributed by atoms with Gasteiger partial charge in [0.25, 0.3) is 0 Å². The lowest BCUT2D eigenvalue weighted by molar-refractivity contribution is 0.517. The fraction of sp³-hybridized carbons (Fsp3) is 0.111. The van der Waals surface area contributed by atoms with Gasteiger partial charge in [-0.3, -0.25) is 0 Å². The molecule has 3 aromatic heterocycles. The Kier molecular flexibility index (Phi) is 4.12. The van der Waals surface area contributed by atoms with E-state index in [0.717, 1.165) is 29.0 Å². The topological polar surface area (TPSA) is 63.0 Å². The summed E-state index contributed by atoms with van der Waals surface area (Å²) in [5, 5.41) is 9.73. The average molecular weight is 336 g/mol. The first kappa shape index (κ1) is 14.7. The van der Waals surface area contributed by atoms with Crippen LogP contribution in [0.5, 0.6) is 0 Å². The van der Waals surface area contributed by atoms with E-state index in [9.17, 15) is 0 Å². The maximum Gasteiger partial charge on any atom is 0.225 e. The minimum atomic E-state index is 0.551. The van der Waals surface area contributed by atoms with Crippen LogP contribution in [0.25, 0.3) is 10.9 Å². The van der Waals surface area contributed by atoms with Gasteiger partial charge in [-0.1, -0.05) is 18.2 Å². The van der Waals surface area contributed by atoms with Crippen molar-refractivity contribution in [3.63, 3.8) is 0 Å². The van der Waals surface area contributed by atoms with Crippen molar-refractivity contribution in [2.75, 3.05) is 10.6 Å². The highest BCUT2D eigenvalue weighted by atomic mass is 32.1. The number of hydrogen-bond donors (Lipinski definition) is 2. The molecule has 6 heteroatoms. The summed E-state index contributed by atoms with van der Waals surface area (Å²) in [5.74, 6) is 2.26. The SMILES string of the molecule is c1coc(CNc2nc(NCc3cccs3)c3ccccc3n2)c1. The van der Waals surface area contributed by atoms with Gasteiger partial charge in [0.15, 0.2) is 0 Å². The van der Waals surface area contributed by atoms with Crippen LogP contribution in [0.4, 0.5) is 11.8 Å². The zero-order valence-electron chi connectivity index (χ0n) is 12.9. The number of nitrogens with zero attached hydrogens (tertiary/aromatic N) is 2. The smallest absolute Gasteiger partial charge is 0.225 e. The molecule has 2 N–H and O–H groups in total. The molecule has 0 aliphatic rings. The standard InChI is InChI=1S/C18H16N4OS/c1-2-8-16-15(7-1)17(19-12-14-6-4-10-24-14)22-18(21-16)20-11-13-5-3-9-23-13/h1-10H,11-12H2,(H2,19,20,21,22). The lowest BCUT2D eigenvalue weighted by Gasteiger charge is -2.11. The van der Waals surface area contributed by atoms with Crippen LogP contribution in [0, 0.1) is 0 Å². The van der Waals surface area contributed by atoms with E-state index in [-0.39, 0.29) is 0 Å². The fourth-order valence-corrected chi connectivity index (χ4v) is 3.10. The molecule has 0 saturated carbocycles. The predicted molar refractivity (Wildman–Crippen MR) is 97.2 cm³/mol. The molecule has 0 bridgehead atoms. The third-order valence-electron chi connectivity index (χ3n) is 3.61. The number of rotatable bonds is 6. The van der Waals surface area contributed by atoms with E-state index in [1.54, 1.807) is 17.6 Å². The van der Waals surface area contributed by atoms with Gasteiger partial charge in [-0.15, -0.1) is 11.3 Å². The highest BCUT2D eigenvalue weighted by molar-refractivity contribution is 7.09. The van der Waals surface area contributed by atoms with Gasteiger partial charge in [-0.2, -0.15) is 4.98 Å². The Morgan fingerprint density at radius 1 is 0.917 bits per heavy atom. The van der Waals surface area contributed by atoms with E-state index in [2.05, 4.69) is 38.1 Å². The van der Waals surface area contributed by atoms with Crippen molar-refractivity contribution in [1.82, 2.24) is 9.97 Å².